The predicted octanol–water partition coefficient (Wildman–Crippen LogP) is 2.33. The van der Waals surface area contributed by atoms with Crippen LogP contribution in [0.25, 0.3) is 0 Å². The average molecular weight is 292 g/mol. The Bertz CT molecular complexity index is 539. The molecule has 1 heterocycles. The number of esters is 1. The lowest BCUT2D eigenvalue weighted by molar-refractivity contribution is -0.145. The van der Waals surface area contributed by atoms with E-state index in [2.05, 4.69) is 10.2 Å². The van der Waals surface area contributed by atoms with E-state index in [1.54, 1.807) is 0 Å². The lowest BCUT2D eigenvalue weighted by Gasteiger charge is -2.29. The molecule has 2 aliphatic rings. The number of rotatable bonds is 4. The minimum Gasteiger partial charge on any atom is -0.467 e. The summed E-state index contributed by atoms with van der Waals surface area (Å²) >= 11 is 0. The van der Waals surface area contributed by atoms with E-state index in [1.807, 2.05) is 13.0 Å². The number of carbonyl (C=O) groups is 1. The number of aryl methyl sites for hydroxylation is 1. The molecule has 1 N–H and O–H groups in total. The van der Waals surface area contributed by atoms with Crippen LogP contribution in [-0.2, 0) is 9.53 Å². The summed E-state index contributed by atoms with van der Waals surface area (Å²) in [6.07, 6.45) is 3.10. The van der Waals surface area contributed by atoms with Gasteiger partial charge in [-0.05, 0) is 49.9 Å². The molecule has 1 aromatic carbocycles. The molecule has 0 amide bonds. The van der Waals surface area contributed by atoms with Crippen molar-refractivity contribution in [2.75, 3.05) is 25.5 Å². The molecule has 1 unspecified atom stereocenters. The highest BCUT2D eigenvalue weighted by Gasteiger charge is 2.49. The van der Waals surface area contributed by atoms with Crippen molar-refractivity contribution in [2.45, 2.75) is 37.8 Å². The molecule has 1 atom stereocenters. The third kappa shape index (κ3) is 2.88. The first-order valence-electron chi connectivity index (χ1n) is 7.40. The fraction of sp³-hybridized carbons (Fsp3) is 0.562. The van der Waals surface area contributed by atoms with Crippen molar-refractivity contribution in [3.8, 4) is 0 Å². The van der Waals surface area contributed by atoms with Gasteiger partial charge in [0.25, 0.3) is 0 Å². The van der Waals surface area contributed by atoms with Crippen LogP contribution in [-0.4, -0.2) is 42.6 Å². The number of likely N-dealkylation sites (tertiary alicyclic amines) is 1. The van der Waals surface area contributed by atoms with Crippen LogP contribution >= 0.6 is 0 Å². The van der Waals surface area contributed by atoms with E-state index < -0.39 is 5.54 Å². The van der Waals surface area contributed by atoms with Crippen molar-refractivity contribution in [2.24, 2.45) is 0 Å². The second kappa shape index (κ2) is 5.30. The molecule has 1 aliphatic heterocycles. The number of benzene rings is 1. The zero-order valence-electron chi connectivity index (χ0n) is 12.5. The maximum Gasteiger partial charge on any atom is 0.332 e. The third-order valence-corrected chi connectivity index (χ3v) is 4.36. The van der Waals surface area contributed by atoms with E-state index in [9.17, 15) is 9.18 Å². The lowest BCUT2D eigenvalue weighted by atomic mass is 9.98. The second-order valence-corrected chi connectivity index (χ2v) is 6.17. The Hall–Kier alpha value is -1.62. The Labute approximate surface area is 124 Å². The van der Waals surface area contributed by atoms with Gasteiger partial charge in [0.1, 0.15) is 11.4 Å². The van der Waals surface area contributed by atoms with Gasteiger partial charge >= 0.3 is 5.97 Å². The van der Waals surface area contributed by atoms with Gasteiger partial charge in [0.2, 0.25) is 0 Å². The predicted molar refractivity (Wildman–Crippen MR) is 78.7 cm³/mol. The van der Waals surface area contributed by atoms with Crippen LogP contribution in [0.4, 0.5) is 10.1 Å². The van der Waals surface area contributed by atoms with Gasteiger partial charge in [-0.2, -0.15) is 0 Å². The number of halogens is 1. The monoisotopic (exact) mass is 292 g/mol. The Morgan fingerprint density at radius 2 is 2.19 bits per heavy atom. The van der Waals surface area contributed by atoms with Crippen molar-refractivity contribution in [3.63, 3.8) is 0 Å². The number of hydrogen-bond acceptors (Lipinski definition) is 4. The van der Waals surface area contributed by atoms with Crippen LogP contribution in [0.1, 0.15) is 24.8 Å². The molecule has 1 saturated carbocycles. The number of nitrogens with one attached hydrogen (secondary N) is 1. The molecule has 21 heavy (non-hydrogen) atoms. The van der Waals surface area contributed by atoms with Gasteiger partial charge in [-0.1, -0.05) is 0 Å². The highest BCUT2D eigenvalue weighted by Crippen LogP contribution is 2.36. The molecular formula is C16H21FN2O2. The molecule has 0 bridgehead atoms. The lowest BCUT2D eigenvalue weighted by Crippen LogP contribution is -2.49. The van der Waals surface area contributed by atoms with Crippen LogP contribution in [0.5, 0.6) is 0 Å². The molecule has 114 valence electrons. The van der Waals surface area contributed by atoms with Gasteiger partial charge in [-0.15, -0.1) is 0 Å². The van der Waals surface area contributed by atoms with E-state index in [0.29, 0.717) is 24.7 Å². The first-order chi connectivity index (χ1) is 10.0. The summed E-state index contributed by atoms with van der Waals surface area (Å²) in [7, 11) is 1.41. The zero-order valence-corrected chi connectivity index (χ0v) is 12.5. The van der Waals surface area contributed by atoms with Gasteiger partial charge in [0.05, 0.1) is 7.11 Å². The number of nitrogens with zero attached hydrogens (tertiary/aromatic N) is 1. The number of ether oxygens (including phenoxy) is 1. The Morgan fingerprint density at radius 1 is 1.43 bits per heavy atom. The maximum absolute atomic E-state index is 13.6. The smallest absolute Gasteiger partial charge is 0.332 e. The van der Waals surface area contributed by atoms with E-state index in [1.165, 1.54) is 32.1 Å². The summed E-state index contributed by atoms with van der Waals surface area (Å²) < 4.78 is 18.6. The Balaban J connectivity index is 1.84. The molecule has 1 saturated heterocycles. The highest BCUT2D eigenvalue weighted by atomic mass is 19.1. The van der Waals surface area contributed by atoms with Crippen LogP contribution in [0.3, 0.4) is 0 Å². The average Bonchev–Trinajstić information content (AvgIpc) is 3.19. The van der Waals surface area contributed by atoms with E-state index in [-0.39, 0.29) is 11.8 Å². The van der Waals surface area contributed by atoms with Gasteiger partial charge in [-0.25, -0.2) is 9.18 Å². The number of hydrogen-bond donors (Lipinski definition) is 1. The molecule has 3 rings (SSSR count). The first-order valence-corrected chi connectivity index (χ1v) is 7.40. The topological polar surface area (TPSA) is 41.6 Å². The molecule has 0 aromatic heterocycles. The van der Waals surface area contributed by atoms with Crippen molar-refractivity contribution >= 4 is 11.7 Å². The molecule has 1 aliphatic carbocycles. The molecule has 0 radical (unpaired) electrons. The van der Waals surface area contributed by atoms with Gasteiger partial charge < -0.3 is 10.1 Å². The van der Waals surface area contributed by atoms with Crippen LogP contribution in [0.15, 0.2) is 18.2 Å². The van der Waals surface area contributed by atoms with Crippen molar-refractivity contribution in [1.82, 2.24) is 4.90 Å². The summed E-state index contributed by atoms with van der Waals surface area (Å²) in [6, 6.07) is 5.36. The molecule has 5 heteroatoms. The minimum absolute atomic E-state index is 0.271. The fourth-order valence-corrected chi connectivity index (χ4v) is 3.19. The summed E-state index contributed by atoms with van der Waals surface area (Å²) in [5, 5.41) is 3.24. The summed E-state index contributed by atoms with van der Waals surface area (Å²) in [5.41, 5.74) is 0.697. The van der Waals surface area contributed by atoms with Crippen molar-refractivity contribution in [1.29, 1.82) is 0 Å². The van der Waals surface area contributed by atoms with E-state index in [0.717, 1.165) is 12.1 Å². The van der Waals surface area contributed by atoms with Crippen LogP contribution in [0, 0.1) is 12.7 Å². The summed E-state index contributed by atoms with van der Waals surface area (Å²) in [4.78, 5) is 14.6. The first kappa shape index (κ1) is 14.3. The maximum atomic E-state index is 13.6. The molecular weight excluding hydrogens is 271 g/mol. The van der Waals surface area contributed by atoms with Crippen LogP contribution in [0.2, 0.25) is 0 Å². The SMILES string of the molecule is COC(=O)C1(Nc2cc(C)cc(F)c2)CCN(C2CC2)C1. The van der Waals surface area contributed by atoms with Gasteiger partial charge in [0.15, 0.2) is 0 Å². The molecule has 2 fully saturated rings. The van der Waals surface area contributed by atoms with Crippen molar-refractivity contribution < 1.29 is 13.9 Å². The Kier molecular flexibility index (Phi) is 3.61. The highest BCUT2D eigenvalue weighted by molar-refractivity contribution is 5.85. The normalized spacial score (nSPS) is 25.9. The second-order valence-electron chi connectivity index (χ2n) is 6.17. The van der Waals surface area contributed by atoms with Crippen LogP contribution < -0.4 is 5.32 Å². The van der Waals surface area contributed by atoms with Gasteiger partial charge in [-0.3, -0.25) is 4.90 Å². The number of anilines is 1. The summed E-state index contributed by atoms with van der Waals surface area (Å²) in [6.45, 7) is 3.34. The molecule has 4 nitrogen and oxygen atoms in total. The fourth-order valence-electron chi connectivity index (χ4n) is 3.19. The van der Waals surface area contributed by atoms with Gasteiger partial charge in [0, 0.05) is 24.8 Å². The van der Waals surface area contributed by atoms with E-state index >= 15 is 0 Å². The number of carbonyl (C=O) groups excluding carboxylic acids is 1. The largest absolute Gasteiger partial charge is 0.467 e. The van der Waals surface area contributed by atoms with E-state index in [4.69, 9.17) is 4.74 Å². The minimum atomic E-state index is -0.766. The quantitative estimate of drug-likeness (QED) is 0.865. The number of methoxy groups -OCH3 is 1. The zero-order chi connectivity index (χ0) is 15.0. The molecule has 0 spiro atoms. The molecule has 1 aromatic rings. The third-order valence-electron chi connectivity index (χ3n) is 4.36. The Morgan fingerprint density at radius 3 is 2.81 bits per heavy atom. The summed E-state index contributed by atoms with van der Waals surface area (Å²) in [5.74, 6) is -0.567. The standard InChI is InChI=1S/C16H21FN2O2/c1-11-7-12(17)9-13(8-11)18-16(15(20)21-2)5-6-19(10-16)14-3-4-14/h7-9,14,18H,3-6,10H2,1-2H3. The van der Waals surface area contributed by atoms with Crippen molar-refractivity contribution in [3.05, 3.63) is 29.6 Å².